The van der Waals surface area contributed by atoms with Crippen LogP contribution in [0.25, 0.3) is 0 Å². The molecule has 1 aliphatic heterocycles. The molecule has 34 heavy (non-hydrogen) atoms. The van der Waals surface area contributed by atoms with Gasteiger partial charge in [-0.05, 0) is 60.8 Å². The van der Waals surface area contributed by atoms with E-state index in [-0.39, 0.29) is 40.8 Å². The molecule has 6 atom stereocenters. The van der Waals surface area contributed by atoms with Crippen molar-refractivity contribution in [3.63, 3.8) is 0 Å². The van der Waals surface area contributed by atoms with Gasteiger partial charge in [0.25, 0.3) is 0 Å². The number of aromatic nitrogens is 1. The van der Waals surface area contributed by atoms with E-state index in [2.05, 4.69) is 19.2 Å². The molecule has 0 spiro atoms. The van der Waals surface area contributed by atoms with Gasteiger partial charge in [0.2, 0.25) is 5.91 Å². The van der Waals surface area contributed by atoms with E-state index >= 15 is 0 Å². The Hall–Kier alpha value is -1.64. The predicted octanol–water partition coefficient (Wildman–Crippen LogP) is 5.29. The van der Waals surface area contributed by atoms with Crippen LogP contribution in [0.4, 0.5) is 15.2 Å². The molecule has 0 bridgehead atoms. The second-order valence-electron chi connectivity index (χ2n) is 10.5. The number of nitrogens with zero attached hydrogens (tertiary/aromatic N) is 2. The highest BCUT2D eigenvalue weighted by atomic mass is 32.2. The molecule has 1 saturated heterocycles. The molecule has 2 N–H and O–H groups in total. The van der Waals surface area contributed by atoms with Gasteiger partial charge in [-0.15, -0.1) is 11.3 Å². The van der Waals surface area contributed by atoms with E-state index in [0.717, 1.165) is 60.4 Å². The van der Waals surface area contributed by atoms with Crippen LogP contribution in [0.5, 0.6) is 0 Å². The summed E-state index contributed by atoms with van der Waals surface area (Å²) in [5, 5.41) is 15.8. The standard InChI is InChI=1S/C26H34FN3O2S2/c1-15(24(32)30-10-12-33-13-11-30)19-8-9-26(3)14-20-22(16(2)21(26)23(19)31)29-25(34-20)28-18-6-4-17(27)5-7-18/h4-7,15-16,19,21,23,31H,8-14H2,1-3H3,(H,28,29). The number of aliphatic hydroxyl groups is 1. The highest BCUT2D eigenvalue weighted by Gasteiger charge is 2.54. The molecule has 2 heterocycles. The van der Waals surface area contributed by atoms with Crippen molar-refractivity contribution < 1.29 is 14.3 Å². The van der Waals surface area contributed by atoms with Crippen molar-refractivity contribution in [3.8, 4) is 0 Å². The lowest BCUT2D eigenvalue weighted by Gasteiger charge is -2.53. The lowest BCUT2D eigenvalue weighted by Crippen LogP contribution is -2.54. The van der Waals surface area contributed by atoms with Crippen molar-refractivity contribution in [1.82, 2.24) is 9.88 Å². The molecule has 0 radical (unpaired) electrons. The summed E-state index contributed by atoms with van der Waals surface area (Å²) in [4.78, 5) is 21.4. The van der Waals surface area contributed by atoms with Crippen LogP contribution >= 0.6 is 23.1 Å². The first-order chi connectivity index (χ1) is 16.3. The largest absolute Gasteiger partial charge is 0.392 e. The number of nitrogens with one attached hydrogen (secondary N) is 1. The fourth-order valence-corrected chi connectivity index (χ4v) is 8.70. The smallest absolute Gasteiger partial charge is 0.225 e. The average Bonchev–Trinajstić information content (AvgIpc) is 3.22. The highest BCUT2D eigenvalue weighted by molar-refractivity contribution is 7.99. The summed E-state index contributed by atoms with van der Waals surface area (Å²) in [6.45, 7) is 8.15. The second-order valence-corrected chi connectivity index (χ2v) is 12.8. The van der Waals surface area contributed by atoms with Gasteiger partial charge in [-0.2, -0.15) is 11.8 Å². The molecule has 5 nitrogen and oxygen atoms in total. The number of hydrogen-bond donors (Lipinski definition) is 2. The van der Waals surface area contributed by atoms with Gasteiger partial charge in [0.15, 0.2) is 5.13 Å². The number of fused-ring (bicyclic) bond motifs is 2. The molecule has 2 fully saturated rings. The molecule has 6 unspecified atom stereocenters. The van der Waals surface area contributed by atoms with Crippen molar-refractivity contribution in [2.75, 3.05) is 29.9 Å². The molecule has 1 saturated carbocycles. The van der Waals surface area contributed by atoms with E-state index in [1.54, 1.807) is 23.5 Å². The number of anilines is 2. The van der Waals surface area contributed by atoms with Gasteiger partial charge in [-0.3, -0.25) is 4.79 Å². The molecule has 184 valence electrons. The van der Waals surface area contributed by atoms with Crippen LogP contribution in [-0.4, -0.2) is 51.6 Å². The third-order valence-corrected chi connectivity index (χ3v) is 10.3. The molecule has 8 heteroatoms. The lowest BCUT2D eigenvalue weighted by atomic mass is 9.53. The number of thiazole rings is 1. The number of rotatable bonds is 4. The molecule has 2 aromatic rings. The third kappa shape index (κ3) is 4.37. The average molecular weight is 504 g/mol. The molecule has 1 amide bonds. The highest BCUT2D eigenvalue weighted by Crippen LogP contribution is 2.57. The Morgan fingerprint density at radius 2 is 2.00 bits per heavy atom. The zero-order valence-electron chi connectivity index (χ0n) is 20.1. The van der Waals surface area contributed by atoms with E-state index in [0.29, 0.717) is 0 Å². The molecule has 5 rings (SSSR count). The number of amides is 1. The fraction of sp³-hybridized carbons (Fsp3) is 0.615. The first kappa shape index (κ1) is 24.1. The Bertz CT molecular complexity index is 1040. The van der Waals surface area contributed by atoms with Crippen LogP contribution in [0, 0.1) is 29.0 Å². The van der Waals surface area contributed by atoms with Crippen LogP contribution < -0.4 is 5.32 Å². The number of benzene rings is 1. The summed E-state index contributed by atoms with van der Waals surface area (Å²) >= 11 is 3.57. The van der Waals surface area contributed by atoms with Gasteiger partial charge < -0.3 is 15.3 Å². The Morgan fingerprint density at radius 3 is 2.71 bits per heavy atom. The number of carbonyl (C=O) groups is 1. The minimum Gasteiger partial charge on any atom is -0.392 e. The van der Waals surface area contributed by atoms with Gasteiger partial charge in [-0.25, -0.2) is 9.37 Å². The maximum atomic E-state index is 13.3. The monoisotopic (exact) mass is 503 g/mol. The summed E-state index contributed by atoms with van der Waals surface area (Å²) in [5.74, 6) is 1.96. The zero-order valence-corrected chi connectivity index (χ0v) is 21.7. The van der Waals surface area contributed by atoms with E-state index in [4.69, 9.17) is 4.98 Å². The number of aliphatic hydroxyl groups excluding tert-OH is 1. The maximum absolute atomic E-state index is 13.3. The summed E-state index contributed by atoms with van der Waals surface area (Å²) in [7, 11) is 0. The van der Waals surface area contributed by atoms with Gasteiger partial charge in [0.1, 0.15) is 5.82 Å². The van der Waals surface area contributed by atoms with Crippen molar-refractivity contribution >= 4 is 39.8 Å². The number of halogens is 1. The molecule has 3 aliphatic rings. The van der Waals surface area contributed by atoms with E-state index in [9.17, 15) is 14.3 Å². The second kappa shape index (κ2) is 9.43. The van der Waals surface area contributed by atoms with Crippen LogP contribution in [0.3, 0.4) is 0 Å². The van der Waals surface area contributed by atoms with Gasteiger partial charge >= 0.3 is 0 Å². The number of hydrogen-bond acceptors (Lipinski definition) is 6. The van der Waals surface area contributed by atoms with Crippen molar-refractivity contribution in [2.24, 2.45) is 23.2 Å². The summed E-state index contributed by atoms with van der Waals surface area (Å²) in [6.07, 6.45) is 2.27. The molecule has 1 aromatic carbocycles. The predicted molar refractivity (Wildman–Crippen MR) is 137 cm³/mol. The van der Waals surface area contributed by atoms with E-state index in [1.165, 1.54) is 17.0 Å². The van der Waals surface area contributed by atoms with Gasteiger partial charge in [-0.1, -0.05) is 20.8 Å². The quantitative estimate of drug-likeness (QED) is 0.594. The Labute approximate surface area is 209 Å². The number of carbonyl (C=O) groups excluding carboxylic acids is 1. The van der Waals surface area contributed by atoms with E-state index in [1.807, 2.05) is 23.6 Å². The molecular formula is C26H34FN3O2S2. The fourth-order valence-electron chi connectivity index (χ4n) is 6.51. The van der Waals surface area contributed by atoms with E-state index < -0.39 is 6.10 Å². The van der Waals surface area contributed by atoms with Crippen molar-refractivity contribution in [3.05, 3.63) is 40.7 Å². The van der Waals surface area contributed by atoms with Crippen molar-refractivity contribution in [1.29, 1.82) is 0 Å². The van der Waals surface area contributed by atoms with Crippen LogP contribution in [-0.2, 0) is 11.2 Å². The Kier molecular flexibility index (Phi) is 6.68. The summed E-state index contributed by atoms with van der Waals surface area (Å²) < 4.78 is 13.3. The molecular weight excluding hydrogens is 469 g/mol. The Morgan fingerprint density at radius 1 is 1.29 bits per heavy atom. The third-order valence-electron chi connectivity index (χ3n) is 8.37. The zero-order chi connectivity index (χ0) is 24.0. The minimum atomic E-state index is -0.518. The first-order valence-corrected chi connectivity index (χ1v) is 14.3. The van der Waals surface area contributed by atoms with Gasteiger partial charge in [0.05, 0.1) is 11.8 Å². The lowest BCUT2D eigenvalue weighted by molar-refractivity contribution is -0.144. The normalized spacial score (nSPS) is 32.0. The summed E-state index contributed by atoms with van der Waals surface area (Å²) in [5.41, 5.74) is 1.86. The summed E-state index contributed by atoms with van der Waals surface area (Å²) in [6, 6.07) is 6.31. The SMILES string of the molecule is CC(C(=O)N1CCSCC1)C1CCC2(C)Cc3sc(Nc4ccc(F)cc4)nc3C(C)C2C1O. The molecule has 1 aromatic heterocycles. The topological polar surface area (TPSA) is 65.5 Å². The van der Waals surface area contributed by atoms with Crippen LogP contribution in [0.1, 0.15) is 50.1 Å². The Balaban J connectivity index is 1.35. The van der Waals surface area contributed by atoms with Gasteiger partial charge in [0, 0.05) is 47.0 Å². The van der Waals surface area contributed by atoms with Crippen LogP contribution in [0.15, 0.2) is 24.3 Å². The molecule has 2 aliphatic carbocycles. The first-order valence-electron chi connectivity index (χ1n) is 12.3. The minimum absolute atomic E-state index is 0.00740. The number of thioether (sulfide) groups is 1. The van der Waals surface area contributed by atoms with Crippen molar-refractivity contribution in [2.45, 2.75) is 52.1 Å². The maximum Gasteiger partial charge on any atom is 0.225 e. The van der Waals surface area contributed by atoms with Crippen LogP contribution in [0.2, 0.25) is 0 Å².